The maximum atomic E-state index is 13.2. The molecule has 0 aliphatic carbocycles. The molecule has 17 heavy (non-hydrogen) atoms. The second-order valence-corrected chi connectivity index (χ2v) is 4.03. The molecule has 0 atom stereocenters. The number of carbonyl (C=O) groups excluding carboxylic acids is 1. The normalized spacial score (nSPS) is 10.3. The van der Waals surface area contributed by atoms with Gasteiger partial charge in [0.2, 0.25) is 0 Å². The molecule has 2 rings (SSSR count). The van der Waals surface area contributed by atoms with Crippen LogP contribution in [0.2, 0.25) is 0 Å². The number of nitrogens with zero attached hydrogens (tertiary/aromatic N) is 1. The summed E-state index contributed by atoms with van der Waals surface area (Å²) in [6, 6.07) is 7.77. The van der Waals surface area contributed by atoms with Gasteiger partial charge in [0.15, 0.2) is 5.78 Å². The molecule has 86 valence electrons. The summed E-state index contributed by atoms with van der Waals surface area (Å²) in [7, 11) is 0. The van der Waals surface area contributed by atoms with Crippen LogP contribution in [0.5, 0.6) is 0 Å². The largest absolute Gasteiger partial charge is 0.289 e. The number of aromatic nitrogens is 1. The van der Waals surface area contributed by atoms with Crippen molar-refractivity contribution in [3.8, 4) is 0 Å². The minimum Gasteiger partial charge on any atom is -0.289 e. The van der Waals surface area contributed by atoms with Crippen LogP contribution in [-0.4, -0.2) is 10.8 Å². The number of hydrogen-bond acceptors (Lipinski definition) is 2. The Bertz CT molecular complexity index is 541. The van der Waals surface area contributed by atoms with Crippen LogP contribution in [0.4, 0.5) is 4.39 Å². The average molecular weight is 229 g/mol. The molecule has 0 unspecified atom stereocenters. The number of pyridine rings is 1. The highest BCUT2D eigenvalue weighted by Gasteiger charge is 2.10. The van der Waals surface area contributed by atoms with Crippen LogP contribution in [-0.2, 0) is 0 Å². The van der Waals surface area contributed by atoms with Crippen molar-refractivity contribution in [3.05, 3.63) is 64.7 Å². The minimum absolute atomic E-state index is 0.208. The monoisotopic (exact) mass is 229 g/mol. The third-order valence-corrected chi connectivity index (χ3v) is 2.48. The van der Waals surface area contributed by atoms with Gasteiger partial charge in [-0.3, -0.25) is 9.78 Å². The predicted octanol–water partition coefficient (Wildman–Crippen LogP) is 3.07. The Kier molecular flexibility index (Phi) is 3.00. The van der Waals surface area contributed by atoms with Crippen LogP contribution in [0.3, 0.4) is 0 Å². The van der Waals surface area contributed by atoms with Gasteiger partial charge in [-0.1, -0.05) is 0 Å². The second-order valence-electron chi connectivity index (χ2n) is 4.03. The molecule has 0 N–H and O–H groups in total. The first kappa shape index (κ1) is 11.5. The van der Waals surface area contributed by atoms with Crippen molar-refractivity contribution in [3.63, 3.8) is 0 Å². The van der Waals surface area contributed by atoms with Gasteiger partial charge in [0.1, 0.15) is 5.82 Å². The fourth-order valence-electron chi connectivity index (χ4n) is 1.64. The molecule has 0 fully saturated rings. The Labute approximate surface area is 99.1 Å². The molecule has 0 bridgehead atoms. The van der Waals surface area contributed by atoms with Crippen molar-refractivity contribution in [2.24, 2.45) is 0 Å². The highest BCUT2D eigenvalue weighted by molar-refractivity contribution is 6.08. The summed E-state index contributed by atoms with van der Waals surface area (Å²) < 4.78 is 13.2. The van der Waals surface area contributed by atoms with Gasteiger partial charge >= 0.3 is 0 Å². The molecule has 0 saturated carbocycles. The number of benzene rings is 1. The summed E-state index contributed by atoms with van der Waals surface area (Å²) in [5.74, 6) is -0.603. The maximum absolute atomic E-state index is 13.2. The molecule has 0 spiro atoms. The fourth-order valence-corrected chi connectivity index (χ4v) is 1.64. The van der Waals surface area contributed by atoms with Crippen molar-refractivity contribution in [1.29, 1.82) is 0 Å². The van der Waals surface area contributed by atoms with E-state index in [0.717, 1.165) is 11.3 Å². The number of carbonyl (C=O) groups is 1. The Morgan fingerprint density at radius 3 is 2.47 bits per heavy atom. The van der Waals surface area contributed by atoms with Crippen molar-refractivity contribution in [2.45, 2.75) is 13.8 Å². The van der Waals surface area contributed by atoms with Gasteiger partial charge in [0.05, 0.1) is 0 Å². The van der Waals surface area contributed by atoms with Gasteiger partial charge in [-0.25, -0.2) is 4.39 Å². The molecule has 0 aliphatic rings. The molecule has 0 radical (unpaired) electrons. The van der Waals surface area contributed by atoms with Gasteiger partial charge in [-0.2, -0.15) is 0 Å². The van der Waals surface area contributed by atoms with Crippen LogP contribution in [0.15, 0.2) is 36.5 Å². The summed E-state index contributed by atoms with van der Waals surface area (Å²) in [6.07, 6.45) is 1.51. The Balaban J connectivity index is 2.40. The summed E-state index contributed by atoms with van der Waals surface area (Å²) in [5.41, 5.74) is 2.40. The highest BCUT2D eigenvalue weighted by Crippen LogP contribution is 2.13. The van der Waals surface area contributed by atoms with Gasteiger partial charge in [0, 0.05) is 23.0 Å². The quantitative estimate of drug-likeness (QED) is 0.741. The first-order chi connectivity index (χ1) is 8.06. The molecule has 3 heteroatoms. The molecule has 2 nitrogen and oxygen atoms in total. The summed E-state index contributed by atoms with van der Waals surface area (Å²) in [4.78, 5) is 16.1. The Morgan fingerprint density at radius 1 is 1.12 bits per heavy atom. The predicted molar refractivity (Wildman–Crippen MR) is 63.5 cm³/mol. The van der Waals surface area contributed by atoms with E-state index in [4.69, 9.17) is 0 Å². The van der Waals surface area contributed by atoms with E-state index in [-0.39, 0.29) is 5.78 Å². The molecule has 0 aliphatic heterocycles. The van der Waals surface area contributed by atoms with E-state index < -0.39 is 5.82 Å². The zero-order valence-electron chi connectivity index (χ0n) is 9.70. The van der Waals surface area contributed by atoms with Crippen LogP contribution in [0.1, 0.15) is 27.2 Å². The number of hydrogen-bond donors (Lipinski definition) is 0. The first-order valence-electron chi connectivity index (χ1n) is 5.31. The van der Waals surface area contributed by atoms with Gasteiger partial charge in [-0.05, 0) is 49.7 Å². The van der Waals surface area contributed by atoms with Crippen LogP contribution in [0.25, 0.3) is 0 Å². The molecular weight excluding hydrogens is 217 g/mol. The van der Waals surface area contributed by atoms with Crippen LogP contribution >= 0.6 is 0 Å². The van der Waals surface area contributed by atoms with E-state index in [0.29, 0.717) is 11.1 Å². The molecule has 1 heterocycles. The second kappa shape index (κ2) is 4.45. The molecule has 2 aromatic rings. The van der Waals surface area contributed by atoms with Crippen LogP contribution < -0.4 is 0 Å². The maximum Gasteiger partial charge on any atom is 0.194 e. The molecular formula is C14H12FNO. The average Bonchev–Trinajstić information content (AvgIpc) is 2.28. The third-order valence-electron chi connectivity index (χ3n) is 2.48. The van der Waals surface area contributed by atoms with Crippen molar-refractivity contribution >= 4 is 5.78 Å². The van der Waals surface area contributed by atoms with Crippen molar-refractivity contribution in [2.75, 3.05) is 0 Å². The van der Waals surface area contributed by atoms with Crippen molar-refractivity contribution in [1.82, 2.24) is 4.98 Å². The smallest absolute Gasteiger partial charge is 0.194 e. The van der Waals surface area contributed by atoms with E-state index in [1.807, 2.05) is 6.92 Å². The lowest BCUT2D eigenvalue weighted by atomic mass is 10.0. The summed E-state index contributed by atoms with van der Waals surface area (Å²) >= 11 is 0. The topological polar surface area (TPSA) is 30.0 Å². The van der Waals surface area contributed by atoms with Gasteiger partial charge < -0.3 is 0 Å². The van der Waals surface area contributed by atoms with Crippen LogP contribution in [0, 0.1) is 19.7 Å². The van der Waals surface area contributed by atoms with Crippen molar-refractivity contribution < 1.29 is 9.18 Å². The molecule has 1 aromatic heterocycles. The van der Waals surface area contributed by atoms with E-state index in [1.165, 1.54) is 18.3 Å². The molecule has 0 amide bonds. The van der Waals surface area contributed by atoms with E-state index in [9.17, 15) is 9.18 Å². The number of rotatable bonds is 2. The summed E-state index contributed by atoms with van der Waals surface area (Å²) in [6.45, 7) is 3.61. The van der Waals surface area contributed by atoms with Gasteiger partial charge in [-0.15, -0.1) is 0 Å². The Hall–Kier alpha value is -2.03. The third kappa shape index (κ3) is 2.56. The highest BCUT2D eigenvalue weighted by atomic mass is 19.1. The van der Waals surface area contributed by atoms with E-state index in [2.05, 4.69) is 4.98 Å². The lowest BCUT2D eigenvalue weighted by molar-refractivity contribution is 0.103. The van der Waals surface area contributed by atoms with E-state index >= 15 is 0 Å². The Morgan fingerprint density at radius 2 is 1.88 bits per heavy atom. The molecule has 0 saturated heterocycles. The zero-order valence-corrected chi connectivity index (χ0v) is 9.70. The summed E-state index contributed by atoms with van der Waals surface area (Å²) in [5, 5.41) is 0. The lowest BCUT2D eigenvalue weighted by Crippen LogP contribution is -2.03. The van der Waals surface area contributed by atoms with Gasteiger partial charge in [0.25, 0.3) is 0 Å². The first-order valence-corrected chi connectivity index (χ1v) is 5.31. The minimum atomic E-state index is -0.395. The number of ketones is 1. The SMILES string of the molecule is Cc1cc(F)cc(C(=O)c2ccc(C)nc2)c1. The fraction of sp³-hybridized carbons (Fsp3) is 0.143. The molecule has 1 aromatic carbocycles. The lowest BCUT2D eigenvalue weighted by Gasteiger charge is -2.03. The zero-order chi connectivity index (χ0) is 12.4. The number of aryl methyl sites for hydroxylation is 2. The van der Waals surface area contributed by atoms with E-state index in [1.54, 1.807) is 25.1 Å². The standard InChI is InChI=1S/C14H12FNO/c1-9-5-12(7-13(15)6-9)14(17)11-4-3-10(2)16-8-11/h3-8H,1-2H3. The number of halogens is 1.